The summed E-state index contributed by atoms with van der Waals surface area (Å²) in [6, 6.07) is 7.69. The highest BCUT2D eigenvalue weighted by atomic mass is 16.7. The molecule has 1 heterocycles. The Balaban J connectivity index is 2.22. The first-order valence-electron chi connectivity index (χ1n) is 6.59. The molecule has 2 N–H and O–H groups in total. The molecule has 18 heavy (non-hydrogen) atoms. The molecule has 0 radical (unpaired) electrons. The summed E-state index contributed by atoms with van der Waals surface area (Å²) in [7, 11) is -0.294. The molecule has 1 atom stereocenters. The van der Waals surface area contributed by atoms with Gasteiger partial charge < -0.3 is 15.0 Å². The van der Waals surface area contributed by atoms with Crippen LogP contribution in [0.3, 0.4) is 0 Å². The smallest absolute Gasteiger partial charge is 0.399 e. The Morgan fingerprint density at radius 2 is 1.72 bits per heavy atom. The number of nitrogen functional groups attached to an aromatic ring is 1. The molecular formula is C14H22BNO2. The van der Waals surface area contributed by atoms with E-state index in [0.717, 1.165) is 24.0 Å². The van der Waals surface area contributed by atoms with Gasteiger partial charge in [-0.05, 0) is 44.8 Å². The van der Waals surface area contributed by atoms with E-state index < -0.39 is 0 Å². The minimum absolute atomic E-state index is 0.242. The quantitative estimate of drug-likeness (QED) is 0.658. The van der Waals surface area contributed by atoms with Gasteiger partial charge in [-0.25, -0.2) is 0 Å². The van der Waals surface area contributed by atoms with Gasteiger partial charge in [-0.2, -0.15) is 0 Å². The van der Waals surface area contributed by atoms with Crippen molar-refractivity contribution in [3.63, 3.8) is 0 Å². The van der Waals surface area contributed by atoms with E-state index >= 15 is 0 Å². The molecule has 1 aromatic rings. The van der Waals surface area contributed by atoms with E-state index in [1.807, 2.05) is 24.3 Å². The average Bonchev–Trinajstić information content (AvgIpc) is 2.51. The lowest BCUT2D eigenvalue weighted by molar-refractivity contribution is -0.0159. The number of rotatable bonds is 3. The van der Waals surface area contributed by atoms with Gasteiger partial charge in [-0.15, -0.1) is 0 Å². The van der Waals surface area contributed by atoms with Gasteiger partial charge in [0, 0.05) is 5.69 Å². The zero-order valence-electron chi connectivity index (χ0n) is 11.7. The van der Waals surface area contributed by atoms with Crippen LogP contribution in [0.15, 0.2) is 24.3 Å². The first-order valence-corrected chi connectivity index (χ1v) is 6.59. The monoisotopic (exact) mass is 247 g/mol. The van der Waals surface area contributed by atoms with E-state index in [1.165, 1.54) is 0 Å². The van der Waals surface area contributed by atoms with Crippen molar-refractivity contribution in [3.8, 4) is 0 Å². The lowest BCUT2D eigenvalue weighted by Gasteiger charge is -2.36. The number of anilines is 1. The number of nitrogens with two attached hydrogens (primary N) is 1. The molecule has 2 rings (SSSR count). The first-order chi connectivity index (χ1) is 8.38. The molecule has 1 aliphatic rings. The Morgan fingerprint density at radius 3 is 2.28 bits per heavy atom. The normalized spacial score (nSPS) is 26.6. The van der Waals surface area contributed by atoms with Crippen LogP contribution in [0.5, 0.6) is 0 Å². The van der Waals surface area contributed by atoms with E-state index in [0.29, 0.717) is 0 Å². The molecular weight excluding hydrogens is 225 g/mol. The zero-order valence-corrected chi connectivity index (χ0v) is 11.7. The summed E-state index contributed by atoms with van der Waals surface area (Å²) in [4.78, 5) is 0. The fraction of sp³-hybridized carbons (Fsp3) is 0.571. The van der Waals surface area contributed by atoms with Crippen molar-refractivity contribution >= 4 is 18.3 Å². The second kappa shape index (κ2) is 4.59. The van der Waals surface area contributed by atoms with Gasteiger partial charge in [0.25, 0.3) is 0 Å². The molecule has 1 aromatic carbocycles. The maximum atomic E-state index is 6.17. The van der Waals surface area contributed by atoms with Gasteiger partial charge in [-0.1, -0.05) is 25.5 Å². The third kappa shape index (κ3) is 2.27. The largest absolute Gasteiger partial charge is 0.494 e. The van der Waals surface area contributed by atoms with Crippen LogP contribution in [0.2, 0.25) is 0 Å². The van der Waals surface area contributed by atoms with Crippen LogP contribution in [0, 0.1) is 0 Å². The van der Waals surface area contributed by atoms with Crippen LogP contribution in [0.4, 0.5) is 5.69 Å². The van der Waals surface area contributed by atoms with Gasteiger partial charge in [0.05, 0.1) is 11.2 Å². The molecule has 0 aliphatic carbocycles. The maximum Gasteiger partial charge on any atom is 0.494 e. The third-order valence-corrected chi connectivity index (χ3v) is 3.98. The average molecular weight is 247 g/mol. The van der Waals surface area contributed by atoms with Crippen LogP contribution in [0.1, 0.15) is 40.5 Å². The maximum absolute atomic E-state index is 6.17. The highest BCUT2D eigenvalue weighted by molar-refractivity contribution is 6.62. The lowest BCUT2D eigenvalue weighted by atomic mass is 9.79. The molecule has 3 nitrogen and oxygen atoms in total. The van der Waals surface area contributed by atoms with Crippen molar-refractivity contribution in [3.05, 3.63) is 24.3 Å². The fourth-order valence-electron chi connectivity index (χ4n) is 2.42. The molecule has 0 spiro atoms. The summed E-state index contributed by atoms with van der Waals surface area (Å²) in [5.74, 6) is 0. The Morgan fingerprint density at radius 1 is 1.11 bits per heavy atom. The highest BCUT2D eigenvalue weighted by Crippen LogP contribution is 2.40. The molecule has 1 saturated heterocycles. The van der Waals surface area contributed by atoms with Crippen LogP contribution in [0.25, 0.3) is 0 Å². The Hall–Kier alpha value is -0.995. The SMILES string of the molecule is CCCC1(C)OB(c2ccc(N)cc2)OC1(C)C. The summed E-state index contributed by atoms with van der Waals surface area (Å²) in [5, 5.41) is 0. The molecule has 1 aliphatic heterocycles. The highest BCUT2D eigenvalue weighted by Gasteiger charge is 2.53. The van der Waals surface area contributed by atoms with Crippen LogP contribution < -0.4 is 11.2 Å². The number of hydrogen-bond acceptors (Lipinski definition) is 3. The van der Waals surface area contributed by atoms with Gasteiger partial charge in [0.2, 0.25) is 0 Å². The topological polar surface area (TPSA) is 44.5 Å². The van der Waals surface area contributed by atoms with Gasteiger partial charge in [0.15, 0.2) is 0 Å². The van der Waals surface area contributed by atoms with E-state index in [9.17, 15) is 0 Å². The minimum Gasteiger partial charge on any atom is -0.399 e. The molecule has 0 saturated carbocycles. The van der Waals surface area contributed by atoms with Crippen LogP contribution >= 0.6 is 0 Å². The summed E-state index contributed by atoms with van der Waals surface area (Å²) in [6.45, 7) is 8.49. The Kier molecular flexibility index (Phi) is 3.43. The molecule has 4 heteroatoms. The number of hydrogen-bond donors (Lipinski definition) is 1. The standard InChI is InChI=1S/C14H22BNO2/c1-5-10-14(4)13(2,3)17-15(18-14)11-6-8-12(16)9-7-11/h6-9H,5,10,16H2,1-4H3. The van der Waals surface area contributed by atoms with Crippen molar-refractivity contribution in [2.45, 2.75) is 51.7 Å². The van der Waals surface area contributed by atoms with Crippen molar-refractivity contribution in [1.29, 1.82) is 0 Å². The van der Waals surface area contributed by atoms with Crippen molar-refractivity contribution in [1.82, 2.24) is 0 Å². The van der Waals surface area contributed by atoms with Crippen molar-refractivity contribution < 1.29 is 9.31 Å². The third-order valence-electron chi connectivity index (χ3n) is 3.98. The van der Waals surface area contributed by atoms with Crippen LogP contribution in [-0.4, -0.2) is 18.3 Å². The van der Waals surface area contributed by atoms with E-state index in [2.05, 4.69) is 27.7 Å². The minimum atomic E-state index is -0.294. The molecule has 98 valence electrons. The molecule has 1 unspecified atom stereocenters. The fourth-order valence-corrected chi connectivity index (χ4v) is 2.42. The summed E-state index contributed by atoms with van der Waals surface area (Å²) in [6.07, 6.45) is 2.07. The molecule has 0 bridgehead atoms. The van der Waals surface area contributed by atoms with E-state index in [-0.39, 0.29) is 18.3 Å². The Bertz CT molecular complexity index is 418. The van der Waals surface area contributed by atoms with Gasteiger partial charge in [0.1, 0.15) is 0 Å². The van der Waals surface area contributed by atoms with Gasteiger partial charge in [-0.3, -0.25) is 0 Å². The number of benzene rings is 1. The zero-order chi connectivity index (χ0) is 13.4. The predicted molar refractivity (Wildman–Crippen MR) is 75.8 cm³/mol. The second-order valence-electron chi connectivity index (χ2n) is 5.73. The lowest BCUT2D eigenvalue weighted by Crippen LogP contribution is -2.44. The summed E-state index contributed by atoms with van der Waals surface area (Å²) >= 11 is 0. The first kappa shape index (κ1) is 13.4. The summed E-state index contributed by atoms with van der Waals surface area (Å²) < 4.78 is 12.2. The molecule has 0 aromatic heterocycles. The van der Waals surface area contributed by atoms with Gasteiger partial charge >= 0.3 is 7.12 Å². The van der Waals surface area contributed by atoms with Crippen molar-refractivity contribution in [2.24, 2.45) is 0 Å². The Labute approximate surface area is 110 Å². The van der Waals surface area contributed by atoms with E-state index in [4.69, 9.17) is 15.0 Å². The van der Waals surface area contributed by atoms with Crippen molar-refractivity contribution in [2.75, 3.05) is 5.73 Å². The molecule has 0 amide bonds. The second-order valence-corrected chi connectivity index (χ2v) is 5.73. The van der Waals surface area contributed by atoms with E-state index in [1.54, 1.807) is 0 Å². The predicted octanol–water partition coefficient (Wildman–Crippen LogP) is 2.35. The van der Waals surface area contributed by atoms with Crippen LogP contribution in [-0.2, 0) is 9.31 Å². The summed E-state index contributed by atoms with van der Waals surface area (Å²) in [5.41, 5.74) is 6.95. The molecule has 1 fully saturated rings.